The van der Waals surface area contributed by atoms with Gasteiger partial charge in [0.15, 0.2) is 0 Å². The first-order chi connectivity index (χ1) is 14.4. The lowest BCUT2D eigenvalue weighted by Crippen LogP contribution is -2.25. The highest BCUT2D eigenvalue weighted by atomic mass is 35.5. The van der Waals surface area contributed by atoms with Crippen molar-refractivity contribution in [3.05, 3.63) is 76.3 Å². The lowest BCUT2D eigenvalue weighted by molar-refractivity contribution is 0.102. The number of ether oxygens (including phenoxy) is 1. The third kappa shape index (κ3) is 3.86. The Labute approximate surface area is 177 Å². The van der Waals surface area contributed by atoms with E-state index in [1.807, 2.05) is 0 Å². The van der Waals surface area contributed by atoms with Gasteiger partial charge in [0.2, 0.25) is 0 Å². The number of benzene rings is 2. The molecular weight excluding hydrogens is 411 g/mol. The van der Waals surface area contributed by atoms with E-state index in [2.05, 4.69) is 10.4 Å². The van der Waals surface area contributed by atoms with E-state index in [0.717, 1.165) is 5.56 Å². The van der Waals surface area contributed by atoms with Crippen LogP contribution < -0.4 is 10.2 Å². The summed E-state index contributed by atoms with van der Waals surface area (Å²) in [5.74, 6) is -0.773. The van der Waals surface area contributed by atoms with Crippen LogP contribution in [-0.2, 0) is 11.3 Å². The monoisotopic (exact) mass is 428 g/mol. The van der Waals surface area contributed by atoms with Gasteiger partial charge in [-0.25, -0.2) is 13.9 Å². The molecule has 0 radical (unpaired) electrons. The van der Waals surface area contributed by atoms with Crippen molar-refractivity contribution in [2.45, 2.75) is 13.5 Å². The van der Waals surface area contributed by atoms with Gasteiger partial charge in [-0.05, 0) is 36.8 Å². The van der Waals surface area contributed by atoms with E-state index >= 15 is 0 Å². The van der Waals surface area contributed by atoms with Gasteiger partial charge in [0, 0.05) is 0 Å². The topological polar surface area (TPSA) is 76.5 Å². The Balaban J connectivity index is 1.58. The van der Waals surface area contributed by atoms with Crippen molar-refractivity contribution in [1.82, 2.24) is 9.78 Å². The summed E-state index contributed by atoms with van der Waals surface area (Å²) in [7, 11) is 0. The maximum atomic E-state index is 13.1. The Bertz CT molecular complexity index is 1110. The molecule has 0 atom stereocenters. The third-order valence-corrected chi connectivity index (χ3v) is 5.13. The molecule has 1 fully saturated rings. The van der Waals surface area contributed by atoms with Crippen LogP contribution in [0.25, 0.3) is 0 Å². The fourth-order valence-corrected chi connectivity index (χ4v) is 3.61. The van der Waals surface area contributed by atoms with Gasteiger partial charge < -0.3 is 10.1 Å². The zero-order valence-corrected chi connectivity index (χ0v) is 16.8. The maximum absolute atomic E-state index is 13.1. The summed E-state index contributed by atoms with van der Waals surface area (Å²) in [5.41, 5.74) is 2.49. The van der Waals surface area contributed by atoms with Gasteiger partial charge in [0.1, 0.15) is 17.6 Å². The van der Waals surface area contributed by atoms with Gasteiger partial charge in [-0.1, -0.05) is 35.9 Å². The molecule has 1 saturated heterocycles. The van der Waals surface area contributed by atoms with Crippen molar-refractivity contribution < 1.29 is 18.7 Å². The SMILES string of the molecule is Cc1nn(Cc2ccc(F)cc2)c(Cl)c1C(=O)Nc1ccccc1N1CCOC1=O. The highest BCUT2D eigenvalue weighted by molar-refractivity contribution is 6.33. The predicted molar refractivity (Wildman–Crippen MR) is 111 cm³/mol. The molecule has 1 aromatic heterocycles. The van der Waals surface area contributed by atoms with Crippen LogP contribution in [0.2, 0.25) is 5.15 Å². The second kappa shape index (κ2) is 8.16. The average molecular weight is 429 g/mol. The van der Waals surface area contributed by atoms with E-state index in [-0.39, 0.29) is 16.5 Å². The van der Waals surface area contributed by atoms with Gasteiger partial charge in [0.25, 0.3) is 5.91 Å². The molecule has 2 heterocycles. The highest BCUT2D eigenvalue weighted by Crippen LogP contribution is 2.29. The molecule has 30 heavy (non-hydrogen) atoms. The number of anilines is 2. The smallest absolute Gasteiger partial charge is 0.414 e. The second-order valence-corrected chi connectivity index (χ2v) is 7.13. The number of cyclic esters (lactones) is 1. The number of nitrogens with one attached hydrogen (secondary N) is 1. The Kier molecular flexibility index (Phi) is 5.41. The van der Waals surface area contributed by atoms with Crippen molar-refractivity contribution in [2.24, 2.45) is 0 Å². The van der Waals surface area contributed by atoms with Gasteiger partial charge in [-0.3, -0.25) is 9.69 Å². The Morgan fingerprint density at radius 3 is 2.67 bits per heavy atom. The molecule has 2 aromatic carbocycles. The number of halogens is 2. The number of amides is 2. The molecule has 154 valence electrons. The lowest BCUT2D eigenvalue weighted by Gasteiger charge is -2.17. The van der Waals surface area contributed by atoms with Crippen LogP contribution >= 0.6 is 11.6 Å². The minimum absolute atomic E-state index is 0.174. The van der Waals surface area contributed by atoms with E-state index in [4.69, 9.17) is 16.3 Å². The fraction of sp³-hybridized carbons (Fsp3) is 0.190. The van der Waals surface area contributed by atoms with Crippen molar-refractivity contribution in [1.29, 1.82) is 0 Å². The first kappa shape index (κ1) is 19.9. The zero-order valence-electron chi connectivity index (χ0n) is 16.1. The number of carbonyl (C=O) groups excluding carboxylic acids is 2. The van der Waals surface area contributed by atoms with Crippen molar-refractivity contribution >= 4 is 35.0 Å². The van der Waals surface area contributed by atoms with E-state index in [0.29, 0.717) is 36.8 Å². The van der Waals surface area contributed by atoms with Gasteiger partial charge >= 0.3 is 6.09 Å². The number of rotatable bonds is 5. The number of carbonyl (C=O) groups is 2. The Morgan fingerprint density at radius 1 is 1.23 bits per heavy atom. The molecule has 7 nitrogen and oxygen atoms in total. The van der Waals surface area contributed by atoms with Crippen molar-refractivity contribution in [3.63, 3.8) is 0 Å². The van der Waals surface area contributed by atoms with E-state index in [1.54, 1.807) is 43.3 Å². The number of aryl methyl sites for hydroxylation is 1. The van der Waals surface area contributed by atoms with Crippen molar-refractivity contribution in [3.8, 4) is 0 Å². The van der Waals surface area contributed by atoms with E-state index < -0.39 is 12.0 Å². The van der Waals surface area contributed by atoms with Crippen LogP contribution in [0.4, 0.5) is 20.6 Å². The largest absolute Gasteiger partial charge is 0.447 e. The molecule has 3 aromatic rings. The third-order valence-electron chi connectivity index (χ3n) is 4.74. The summed E-state index contributed by atoms with van der Waals surface area (Å²) in [5, 5.41) is 7.34. The summed E-state index contributed by atoms with van der Waals surface area (Å²) >= 11 is 6.44. The summed E-state index contributed by atoms with van der Waals surface area (Å²) in [6.07, 6.45) is -0.460. The molecular formula is C21H18ClFN4O3. The van der Waals surface area contributed by atoms with Crippen LogP contribution in [0, 0.1) is 12.7 Å². The number of aromatic nitrogens is 2. The molecule has 9 heteroatoms. The number of hydrogen-bond acceptors (Lipinski definition) is 4. The molecule has 0 bridgehead atoms. The van der Waals surface area contributed by atoms with Crippen LogP contribution in [-0.4, -0.2) is 34.9 Å². The van der Waals surface area contributed by atoms with Gasteiger partial charge in [-0.15, -0.1) is 0 Å². The van der Waals surface area contributed by atoms with Crippen LogP contribution in [0.15, 0.2) is 48.5 Å². The molecule has 2 amide bonds. The quantitative estimate of drug-likeness (QED) is 0.659. The molecule has 0 unspecified atom stereocenters. The van der Waals surface area contributed by atoms with Crippen LogP contribution in [0.3, 0.4) is 0 Å². The minimum atomic E-state index is -0.460. The van der Waals surface area contributed by atoms with Crippen LogP contribution in [0.5, 0.6) is 0 Å². The lowest BCUT2D eigenvalue weighted by atomic mass is 10.2. The average Bonchev–Trinajstić information content (AvgIpc) is 3.26. The number of para-hydroxylation sites is 2. The molecule has 1 aliphatic rings. The summed E-state index contributed by atoms with van der Waals surface area (Å²) in [4.78, 5) is 26.4. The Hall–Kier alpha value is -3.39. The summed E-state index contributed by atoms with van der Waals surface area (Å²) < 4.78 is 19.6. The summed E-state index contributed by atoms with van der Waals surface area (Å²) in [6.45, 7) is 2.68. The minimum Gasteiger partial charge on any atom is -0.447 e. The fourth-order valence-electron chi connectivity index (χ4n) is 3.29. The van der Waals surface area contributed by atoms with E-state index in [9.17, 15) is 14.0 Å². The zero-order chi connectivity index (χ0) is 21.3. The Morgan fingerprint density at radius 2 is 1.97 bits per heavy atom. The number of hydrogen-bond donors (Lipinski definition) is 1. The first-order valence-electron chi connectivity index (χ1n) is 9.26. The van der Waals surface area contributed by atoms with Gasteiger partial charge in [-0.2, -0.15) is 5.10 Å². The molecule has 1 N–H and O–H groups in total. The van der Waals surface area contributed by atoms with Crippen molar-refractivity contribution in [2.75, 3.05) is 23.4 Å². The predicted octanol–water partition coefficient (Wildman–Crippen LogP) is 4.24. The molecule has 4 rings (SSSR count). The standard InChI is InChI=1S/C21H18ClFN4O3/c1-13-18(19(22)27(25-13)12-14-6-8-15(23)9-7-14)20(28)24-16-4-2-3-5-17(16)26-10-11-30-21(26)29/h2-9H,10-12H2,1H3,(H,24,28). The second-order valence-electron chi connectivity index (χ2n) is 6.77. The molecule has 1 aliphatic heterocycles. The molecule has 0 spiro atoms. The van der Waals surface area contributed by atoms with E-state index in [1.165, 1.54) is 21.7 Å². The highest BCUT2D eigenvalue weighted by Gasteiger charge is 2.27. The number of nitrogens with zero attached hydrogens (tertiary/aromatic N) is 3. The normalized spacial score (nSPS) is 13.4. The molecule has 0 saturated carbocycles. The summed E-state index contributed by atoms with van der Waals surface area (Å²) in [6, 6.07) is 12.9. The van der Waals surface area contributed by atoms with Gasteiger partial charge in [0.05, 0.1) is 35.7 Å². The first-order valence-corrected chi connectivity index (χ1v) is 9.64. The van der Waals surface area contributed by atoms with Crippen LogP contribution in [0.1, 0.15) is 21.6 Å². The molecule has 0 aliphatic carbocycles. The maximum Gasteiger partial charge on any atom is 0.414 e.